The fourth-order valence-electron chi connectivity index (χ4n) is 3.21. The van der Waals surface area contributed by atoms with Crippen LogP contribution in [0.3, 0.4) is 0 Å². The molecule has 8 heteroatoms. The average Bonchev–Trinajstić information content (AvgIpc) is 3.18. The number of hydrogen-bond donors (Lipinski definition) is 2. The second-order valence-corrected chi connectivity index (χ2v) is 6.37. The third-order valence-electron chi connectivity index (χ3n) is 4.51. The normalized spacial score (nSPS) is 15.2. The average molecular weight is 361 g/mol. The van der Waals surface area contributed by atoms with Crippen molar-refractivity contribution >= 4 is 17.8 Å². The van der Waals surface area contributed by atoms with Crippen LogP contribution < -0.4 is 5.32 Å². The number of carbonyl (C=O) groups is 3. The number of rotatable bonds is 6. The number of amides is 1. The molecule has 1 aliphatic rings. The van der Waals surface area contributed by atoms with E-state index in [1.165, 1.54) is 0 Å². The predicted octanol–water partition coefficient (Wildman–Crippen LogP) is 1.92. The predicted molar refractivity (Wildman–Crippen MR) is 91.5 cm³/mol. The number of H-pyrrole nitrogens is 1. The van der Waals surface area contributed by atoms with Crippen molar-refractivity contribution in [2.45, 2.75) is 52.0 Å². The number of aromatic nitrogens is 1. The van der Waals surface area contributed by atoms with E-state index in [9.17, 15) is 19.6 Å². The number of hydrogen-bond acceptors (Lipinski definition) is 6. The Kier molecular flexibility index (Phi) is 6.03. The number of ether oxygens (including phenoxy) is 2. The van der Waals surface area contributed by atoms with Crippen LogP contribution in [0.15, 0.2) is 0 Å². The molecule has 1 amide bonds. The lowest BCUT2D eigenvalue weighted by Gasteiger charge is -2.21. The van der Waals surface area contributed by atoms with Crippen LogP contribution in [0.2, 0.25) is 0 Å². The van der Waals surface area contributed by atoms with Crippen molar-refractivity contribution in [1.82, 2.24) is 10.3 Å². The van der Waals surface area contributed by atoms with Gasteiger partial charge in [0.25, 0.3) is 5.91 Å². The van der Waals surface area contributed by atoms with Crippen LogP contribution in [0, 0.1) is 25.2 Å². The molecule has 0 saturated heterocycles. The first-order chi connectivity index (χ1) is 12.3. The molecule has 26 heavy (non-hydrogen) atoms. The lowest BCUT2D eigenvalue weighted by molar-refractivity contribution is -0.125. The van der Waals surface area contributed by atoms with Crippen molar-refractivity contribution in [2.75, 3.05) is 13.2 Å². The molecule has 2 N–H and O–H groups in total. The molecule has 1 aromatic rings. The van der Waals surface area contributed by atoms with E-state index >= 15 is 0 Å². The van der Waals surface area contributed by atoms with Crippen molar-refractivity contribution in [1.29, 1.82) is 5.26 Å². The molecule has 0 radical (unpaired) electrons. The summed E-state index contributed by atoms with van der Waals surface area (Å²) in [6, 6.07) is 2.14. The number of esters is 2. The first kappa shape index (κ1) is 19.5. The minimum absolute atomic E-state index is 0.106. The quantitative estimate of drug-likeness (QED) is 0.747. The third kappa shape index (κ3) is 4.04. The number of aryl methyl sites for hydroxylation is 1. The van der Waals surface area contributed by atoms with Gasteiger partial charge in [-0.2, -0.15) is 5.26 Å². The lowest BCUT2D eigenvalue weighted by atomic mass is 10.00. The Morgan fingerprint density at radius 2 is 1.85 bits per heavy atom. The summed E-state index contributed by atoms with van der Waals surface area (Å²) < 4.78 is 10.0. The van der Waals surface area contributed by atoms with Gasteiger partial charge in [-0.05, 0) is 52.0 Å². The molecule has 0 aromatic carbocycles. The number of aromatic amines is 1. The largest absolute Gasteiger partial charge is 0.462 e. The molecule has 8 nitrogen and oxygen atoms in total. The standard InChI is InChI=1S/C18H23N3O5/c1-4-25-16(23)14-11(2)15(20-12(14)3)17(24)26-9-13(22)21-18(10-19)7-5-6-8-18/h20H,4-9H2,1-3H3,(H,21,22). The summed E-state index contributed by atoms with van der Waals surface area (Å²) in [7, 11) is 0. The Morgan fingerprint density at radius 3 is 2.42 bits per heavy atom. The van der Waals surface area contributed by atoms with Gasteiger partial charge in [0.15, 0.2) is 6.61 Å². The zero-order valence-corrected chi connectivity index (χ0v) is 15.2. The molecule has 1 fully saturated rings. The molecule has 1 aromatic heterocycles. The van der Waals surface area contributed by atoms with Gasteiger partial charge < -0.3 is 19.8 Å². The molecule has 0 spiro atoms. The summed E-state index contributed by atoms with van der Waals surface area (Å²) in [4.78, 5) is 39.0. The van der Waals surface area contributed by atoms with Crippen molar-refractivity contribution in [3.05, 3.63) is 22.5 Å². The maximum atomic E-state index is 12.3. The van der Waals surface area contributed by atoms with Gasteiger partial charge in [-0.1, -0.05) is 0 Å². The highest BCUT2D eigenvalue weighted by molar-refractivity contribution is 5.99. The van der Waals surface area contributed by atoms with Crippen LogP contribution in [-0.4, -0.2) is 41.6 Å². The first-order valence-corrected chi connectivity index (χ1v) is 8.59. The zero-order chi connectivity index (χ0) is 19.3. The van der Waals surface area contributed by atoms with Crippen molar-refractivity contribution < 1.29 is 23.9 Å². The van der Waals surface area contributed by atoms with Gasteiger partial charge in [0.05, 0.1) is 18.2 Å². The van der Waals surface area contributed by atoms with E-state index in [0.29, 0.717) is 24.1 Å². The molecule has 2 rings (SSSR count). The molecule has 140 valence electrons. The summed E-state index contributed by atoms with van der Waals surface area (Å²) in [6.07, 6.45) is 2.96. The van der Waals surface area contributed by atoms with Gasteiger partial charge in [0, 0.05) is 5.69 Å². The van der Waals surface area contributed by atoms with Crippen LogP contribution in [0.5, 0.6) is 0 Å². The Bertz CT molecular complexity index is 754. The number of nitrogens with one attached hydrogen (secondary N) is 2. The van der Waals surface area contributed by atoms with E-state index < -0.39 is 30.0 Å². The summed E-state index contributed by atoms with van der Waals surface area (Å²) in [5, 5.41) is 11.9. The summed E-state index contributed by atoms with van der Waals surface area (Å²) in [5.74, 6) is -1.78. The van der Waals surface area contributed by atoms with E-state index in [0.717, 1.165) is 12.8 Å². The topological polar surface area (TPSA) is 121 Å². The monoisotopic (exact) mass is 361 g/mol. The van der Waals surface area contributed by atoms with Crippen LogP contribution in [0.4, 0.5) is 0 Å². The molecule has 1 aliphatic carbocycles. The van der Waals surface area contributed by atoms with Gasteiger partial charge >= 0.3 is 11.9 Å². The van der Waals surface area contributed by atoms with Crippen molar-refractivity contribution in [3.8, 4) is 6.07 Å². The van der Waals surface area contributed by atoms with Crippen molar-refractivity contribution in [2.24, 2.45) is 0 Å². The summed E-state index contributed by atoms with van der Waals surface area (Å²) >= 11 is 0. The van der Waals surface area contributed by atoms with Crippen molar-refractivity contribution in [3.63, 3.8) is 0 Å². The Balaban J connectivity index is 2.00. The van der Waals surface area contributed by atoms with Crippen LogP contribution in [0.1, 0.15) is 64.7 Å². The van der Waals surface area contributed by atoms with E-state index in [2.05, 4.69) is 16.4 Å². The van der Waals surface area contributed by atoms with Gasteiger partial charge in [0.1, 0.15) is 11.2 Å². The van der Waals surface area contributed by atoms with Crippen LogP contribution in [0.25, 0.3) is 0 Å². The van der Waals surface area contributed by atoms with E-state index in [1.807, 2.05) is 0 Å². The van der Waals surface area contributed by atoms with Crippen LogP contribution >= 0.6 is 0 Å². The lowest BCUT2D eigenvalue weighted by Crippen LogP contribution is -2.46. The van der Waals surface area contributed by atoms with Gasteiger partial charge in [-0.3, -0.25) is 4.79 Å². The first-order valence-electron chi connectivity index (χ1n) is 8.59. The van der Waals surface area contributed by atoms with Crippen LogP contribution in [-0.2, 0) is 14.3 Å². The smallest absolute Gasteiger partial charge is 0.355 e. The van der Waals surface area contributed by atoms with Gasteiger partial charge in [0.2, 0.25) is 0 Å². The Morgan fingerprint density at radius 1 is 1.19 bits per heavy atom. The molecule has 0 bridgehead atoms. The Labute approximate surface area is 151 Å². The maximum absolute atomic E-state index is 12.3. The second kappa shape index (κ2) is 8.04. The molecule has 0 unspecified atom stereocenters. The molecule has 0 aliphatic heterocycles. The summed E-state index contributed by atoms with van der Waals surface area (Å²) in [6.45, 7) is 4.69. The van der Waals surface area contributed by atoms with E-state index in [4.69, 9.17) is 9.47 Å². The molecule has 0 atom stereocenters. The highest BCUT2D eigenvalue weighted by Crippen LogP contribution is 2.28. The highest BCUT2D eigenvalue weighted by atomic mass is 16.5. The third-order valence-corrected chi connectivity index (χ3v) is 4.51. The number of nitrogens with zero attached hydrogens (tertiary/aromatic N) is 1. The summed E-state index contributed by atoms with van der Waals surface area (Å²) in [5.41, 5.74) is 0.439. The maximum Gasteiger partial charge on any atom is 0.355 e. The van der Waals surface area contributed by atoms with E-state index in [1.54, 1.807) is 20.8 Å². The Hall–Kier alpha value is -2.82. The fraction of sp³-hybridized carbons (Fsp3) is 0.556. The highest BCUT2D eigenvalue weighted by Gasteiger charge is 2.35. The fourth-order valence-corrected chi connectivity index (χ4v) is 3.21. The SMILES string of the molecule is CCOC(=O)c1c(C)[nH]c(C(=O)OCC(=O)NC2(C#N)CCCC2)c1C. The molecule has 1 heterocycles. The van der Waals surface area contributed by atoms with Gasteiger partial charge in [-0.15, -0.1) is 0 Å². The number of nitriles is 1. The molecule has 1 saturated carbocycles. The zero-order valence-electron chi connectivity index (χ0n) is 15.2. The molecular formula is C18H23N3O5. The van der Waals surface area contributed by atoms with E-state index in [-0.39, 0.29) is 17.9 Å². The number of carbonyl (C=O) groups excluding carboxylic acids is 3. The van der Waals surface area contributed by atoms with Gasteiger partial charge in [-0.25, -0.2) is 9.59 Å². The second-order valence-electron chi connectivity index (χ2n) is 6.37. The minimum atomic E-state index is -0.862. The molecular weight excluding hydrogens is 338 g/mol. The minimum Gasteiger partial charge on any atom is -0.462 e.